The van der Waals surface area contributed by atoms with Crippen LogP contribution in [0.1, 0.15) is 43.4 Å². The SMILES string of the molecule is C[C@@H](c1ccc(-c2ccccc2)c(F)c1)N1CCC(CCO)(c2ccccc2)CC1. The van der Waals surface area contributed by atoms with Gasteiger partial charge in [-0.25, -0.2) is 4.39 Å². The maximum Gasteiger partial charge on any atom is 0.131 e. The lowest BCUT2D eigenvalue weighted by atomic mass is 9.70. The molecule has 1 aliphatic heterocycles. The van der Waals surface area contributed by atoms with Crippen molar-refractivity contribution in [3.63, 3.8) is 0 Å². The van der Waals surface area contributed by atoms with Crippen LogP contribution in [0.2, 0.25) is 0 Å². The summed E-state index contributed by atoms with van der Waals surface area (Å²) in [6.45, 7) is 4.26. The summed E-state index contributed by atoms with van der Waals surface area (Å²) in [5.74, 6) is -0.165. The zero-order chi connectivity index (χ0) is 21.0. The van der Waals surface area contributed by atoms with Crippen molar-refractivity contribution in [2.75, 3.05) is 19.7 Å². The van der Waals surface area contributed by atoms with Gasteiger partial charge in [0, 0.05) is 18.2 Å². The van der Waals surface area contributed by atoms with E-state index in [0.717, 1.165) is 43.5 Å². The fraction of sp³-hybridized carbons (Fsp3) is 0.333. The molecule has 0 saturated carbocycles. The topological polar surface area (TPSA) is 23.5 Å². The molecular weight excluding hydrogens is 373 g/mol. The van der Waals surface area contributed by atoms with Crippen LogP contribution in [0.3, 0.4) is 0 Å². The lowest BCUT2D eigenvalue weighted by molar-refractivity contribution is 0.103. The predicted molar refractivity (Wildman–Crippen MR) is 121 cm³/mol. The molecule has 1 fully saturated rings. The van der Waals surface area contributed by atoms with Gasteiger partial charge in [-0.05, 0) is 67.4 Å². The Bertz CT molecular complexity index is 949. The quantitative estimate of drug-likeness (QED) is 0.548. The van der Waals surface area contributed by atoms with Crippen molar-refractivity contribution in [3.05, 3.63) is 95.8 Å². The number of hydrogen-bond donors (Lipinski definition) is 1. The molecule has 1 saturated heterocycles. The minimum atomic E-state index is -0.165. The van der Waals surface area contributed by atoms with Crippen molar-refractivity contribution < 1.29 is 9.50 Å². The van der Waals surface area contributed by atoms with E-state index in [1.54, 1.807) is 6.07 Å². The van der Waals surface area contributed by atoms with Crippen LogP contribution in [0.15, 0.2) is 78.9 Å². The van der Waals surface area contributed by atoms with Crippen molar-refractivity contribution in [2.45, 2.75) is 37.6 Å². The first-order valence-electron chi connectivity index (χ1n) is 10.9. The number of aliphatic hydroxyl groups is 1. The molecule has 0 amide bonds. The molecule has 30 heavy (non-hydrogen) atoms. The fourth-order valence-electron chi connectivity index (χ4n) is 4.88. The molecule has 0 aliphatic carbocycles. The molecule has 4 rings (SSSR count). The third-order valence-electron chi connectivity index (χ3n) is 6.84. The average molecular weight is 404 g/mol. The first-order valence-corrected chi connectivity index (χ1v) is 10.9. The van der Waals surface area contributed by atoms with Gasteiger partial charge in [-0.1, -0.05) is 72.8 Å². The Kier molecular flexibility index (Phi) is 6.31. The summed E-state index contributed by atoms with van der Waals surface area (Å²) >= 11 is 0. The molecule has 3 aromatic rings. The third-order valence-corrected chi connectivity index (χ3v) is 6.84. The first-order chi connectivity index (χ1) is 14.6. The summed E-state index contributed by atoms with van der Waals surface area (Å²) in [6, 6.07) is 26.1. The van der Waals surface area contributed by atoms with Gasteiger partial charge >= 0.3 is 0 Å². The predicted octanol–water partition coefficient (Wildman–Crippen LogP) is 5.97. The highest BCUT2D eigenvalue weighted by molar-refractivity contribution is 5.64. The summed E-state index contributed by atoms with van der Waals surface area (Å²) in [7, 11) is 0. The van der Waals surface area contributed by atoms with Gasteiger partial charge in [0.2, 0.25) is 0 Å². The van der Waals surface area contributed by atoms with Crippen LogP contribution < -0.4 is 0 Å². The maximum absolute atomic E-state index is 14.9. The van der Waals surface area contributed by atoms with Crippen LogP contribution in [-0.2, 0) is 5.41 Å². The lowest BCUT2D eigenvalue weighted by Crippen LogP contribution is -2.44. The number of piperidine rings is 1. The van der Waals surface area contributed by atoms with E-state index in [4.69, 9.17) is 0 Å². The molecule has 1 atom stereocenters. The standard InChI is InChI=1S/C27H30FNO/c1-21(23-12-13-25(26(28)20-23)22-8-4-2-5-9-22)29-17-14-27(15-18-29,16-19-30)24-10-6-3-7-11-24/h2-13,20-21,30H,14-19H2,1H3/t21-/m0/s1. The van der Waals surface area contributed by atoms with Gasteiger partial charge in [-0.2, -0.15) is 0 Å². The molecule has 1 aliphatic rings. The smallest absolute Gasteiger partial charge is 0.131 e. The van der Waals surface area contributed by atoms with E-state index in [9.17, 15) is 9.50 Å². The molecule has 0 unspecified atom stereocenters. The highest BCUT2D eigenvalue weighted by atomic mass is 19.1. The molecule has 1 N–H and O–H groups in total. The molecule has 0 spiro atoms. The second-order valence-corrected chi connectivity index (χ2v) is 8.44. The fourth-order valence-corrected chi connectivity index (χ4v) is 4.88. The average Bonchev–Trinajstić information content (AvgIpc) is 2.80. The Morgan fingerprint density at radius 2 is 1.57 bits per heavy atom. The number of benzene rings is 3. The first kappa shape index (κ1) is 20.8. The highest BCUT2D eigenvalue weighted by Gasteiger charge is 2.36. The van der Waals surface area contributed by atoms with E-state index in [2.05, 4.69) is 42.2 Å². The number of halogens is 1. The number of rotatable bonds is 6. The van der Waals surface area contributed by atoms with Crippen molar-refractivity contribution in [2.24, 2.45) is 0 Å². The molecule has 1 heterocycles. The second kappa shape index (κ2) is 9.11. The zero-order valence-corrected chi connectivity index (χ0v) is 17.6. The number of aliphatic hydroxyl groups excluding tert-OH is 1. The minimum absolute atomic E-state index is 0.0364. The Morgan fingerprint density at radius 3 is 2.17 bits per heavy atom. The van der Waals surface area contributed by atoms with Crippen LogP contribution in [0.4, 0.5) is 4.39 Å². The van der Waals surface area contributed by atoms with E-state index in [0.29, 0.717) is 5.56 Å². The summed E-state index contributed by atoms with van der Waals surface area (Å²) in [5.41, 5.74) is 3.93. The molecule has 3 heteroatoms. The summed E-state index contributed by atoms with van der Waals surface area (Å²) < 4.78 is 14.9. The number of likely N-dealkylation sites (tertiary alicyclic amines) is 1. The molecule has 0 aromatic heterocycles. The van der Waals surface area contributed by atoms with Gasteiger partial charge in [-0.15, -0.1) is 0 Å². The highest BCUT2D eigenvalue weighted by Crippen LogP contribution is 2.40. The molecule has 2 nitrogen and oxygen atoms in total. The number of hydrogen-bond acceptors (Lipinski definition) is 2. The Labute approximate surface area is 179 Å². The van der Waals surface area contributed by atoms with Gasteiger partial charge in [-0.3, -0.25) is 4.90 Å². The van der Waals surface area contributed by atoms with Crippen molar-refractivity contribution in [3.8, 4) is 11.1 Å². The van der Waals surface area contributed by atoms with Gasteiger partial charge in [0.25, 0.3) is 0 Å². The second-order valence-electron chi connectivity index (χ2n) is 8.44. The third kappa shape index (κ3) is 4.19. The van der Waals surface area contributed by atoms with Gasteiger partial charge < -0.3 is 5.11 Å². The Morgan fingerprint density at radius 1 is 0.933 bits per heavy atom. The van der Waals surface area contributed by atoms with Crippen molar-refractivity contribution >= 4 is 0 Å². The Balaban J connectivity index is 1.49. The molecular formula is C27H30FNO. The van der Waals surface area contributed by atoms with Crippen molar-refractivity contribution in [1.29, 1.82) is 0 Å². The van der Waals surface area contributed by atoms with E-state index in [-0.39, 0.29) is 23.9 Å². The molecule has 156 valence electrons. The minimum Gasteiger partial charge on any atom is -0.396 e. The maximum atomic E-state index is 14.9. The summed E-state index contributed by atoms with van der Waals surface area (Å²) in [4.78, 5) is 2.44. The number of nitrogens with zero attached hydrogens (tertiary/aromatic N) is 1. The van der Waals surface area contributed by atoms with Crippen LogP contribution in [-0.4, -0.2) is 29.7 Å². The van der Waals surface area contributed by atoms with E-state index in [1.807, 2.05) is 42.5 Å². The summed E-state index contributed by atoms with van der Waals surface area (Å²) in [5, 5.41) is 9.69. The monoisotopic (exact) mass is 403 g/mol. The van der Waals surface area contributed by atoms with Gasteiger partial charge in [0.1, 0.15) is 5.82 Å². The van der Waals surface area contributed by atoms with Crippen LogP contribution >= 0.6 is 0 Å². The Hall–Kier alpha value is -2.49. The molecule has 0 bridgehead atoms. The lowest BCUT2D eigenvalue weighted by Gasteiger charge is -2.44. The molecule has 3 aromatic carbocycles. The summed E-state index contributed by atoms with van der Waals surface area (Å²) in [6.07, 6.45) is 2.80. The zero-order valence-electron chi connectivity index (χ0n) is 17.6. The largest absolute Gasteiger partial charge is 0.396 e. The van der Waals surface area contributed by atoms with Crippen LogP contribution in [0.5, 0.6) is 0 Å². The van der Waals surface area contributed by atoms with Crippen molar-refractivity contribution in [1.82, 2.24) is 4.90 Å². The van der Waals surface area contributed by atoms with E-state index in [1.165, 1.54) is 5.56 Å². The van der Waals surface area contributed by atoms with E-state index >= 15 is 0 Å². The molecule has 0 radical (unpaired) electrons. The van der Waals surface area contributed by atoms with Gasteiger partial charge in [0.15, 0.2) is 0 Å². The van der Waals surface area contributed by atoms with Crippen LogP contribution in [0.25, 0.3) is 11.1 Å². The van der Waals surface area contributed by atoms with E-state index < -0.39 is 0 Å². The normalized spacial score (nSPS) is 17.6. The van der Waals surface area contributed by atoms with Gasteiger partial charge in [0.05, 0.1) is 0 Å². The van der Waals surface area contributed by atoms with Crippen LogP contribution in [0, 0.1) is 5.82 Å².